The van der Waals surface area contributed by atoms with Crippen molar-refractivity contribution >= 4 is 39.1 Å². The highest BCUT2D eigenvalue weighted by Gasteiger charge is 2.30. The van der Waals surface area contributed by atoms with Crippen molar-refractivity contribution in [1.29, 1.82) is 0 Å². The van der Waals surface area contributed by atoms with E-state index >= 15 is 0 Å². The molecule has 1 atom stereocenters. The van der Waals surface area contributed by atoms with Gasteiger partial charge < -0.3 is 10.2 Å². The monoisotopic (exact) mass is 555 g/mol. The van der Waals surface area contributed by atoms with Gasteiger partial charge in [0.15, 0.2) is 0 Å². The quantitative estimate of drug-likeness (QED) is 0.354. The van der Waals surface area contributed by atoms with Crippen molar-refractivity contribution in [3.8, 4) is 0 Å². The normalized spacial score (nSPS) is 12.0. The topological polar surface area (TPSA) is 86.8 Å². The van der Waals surface area contributed by atoms with Crippen LogP contribution in [0.5, 0.6) is 0 Å². The van der Waals surface area contributed by atoms with E-state index < -0.39 is 16.1 Å². The Kier molecular flexibility index (Phi) is 10.3. The van der Waals surface area contributed by atoms with Gasteiger partial charge in [0.2, 0.25) is 21.8 Å². The zero-order chi connectivity index (χ0) is 27.7. The molecule has 2 amide bonds. The highest BCUT2D eigenvalue weighted by molar-refractivity contribution is 7.92. The molecule has 0 radical (unpaired) electrons. The molecular formula is C29H34ClN3O4S. The Balaban J connectivity index is 1.84. The predicted octanol–water partition coefficient (Wildman–Crippen LogP) is 4.58. The van der Waals surface area contributed by atoms with Crippen molar-refractivity contribution in [3.05, 3.63) is 101 Å². The van der Waals surface area contributed by atoms with E-state index in [1.165, 1.54) is 4.31 Å². The Morgan fingerprint density at radius 3 is 2.24 bits per heavy atom. The minimum Gasteiger partial charge on any atom is -0.357 e. The average Bonchev–Trinajstić information content (AvgIpc) is 2.89. The Morgan fingerprint density at radius 1 is 0.947 bits per heavy atom. The number of halogens is 1. The Bertz CT molecular complexity index is 1330. The molecule has 0 saturated heterocycles. The second-order valence-electron chi connectivity index (χ2n) is 9.25. The number of nitrogens with one attached hydrogen (secondary N) is 1. The van der Waals surface area contributed by atoms with Gasteiger partial charge >= 0.3 is 0 Å². The number of benzene rings is 3. The van der Waals surface area contributed by atoms with Crippen molar-refractivity contribution in [2.75, 3.05) is 24.2 Å². The summed E-state index contributed by atoms with van der Waals surface area (Å²) in [4.78, 5) is 28.2. The first-order chi connectivity index (χ1) is 18.1. The average molecular weight is 556 g/mol. The van der Waals surface area contributed by atoms with E-state index in [1.807, 2.05) is 55.5 Å². The van der Waals surface area contributed by atoms with Crippen molar-refractivity contribution in [3.63, 3.8) is 0 Å². The number of hydrogen-bond donors (Lipinski definition) is 1. The number of carbonyl (C=O) groups excluding carboxylic acids is 2. The Labute approximate surface area is 230 Å². The van der Waals surface area contributed by atoms with E-state index in [9.17, 15) is 18.0 Å². The summed E-state index contributed by atoms with van der Waals surface area (Å²) in [5.74, 6) is -0.504. The zero-order valence-corrected chi connectivity index (χ0v) is 23.5. The van der Waals surface area contributed by atoms with Gasteiger partial charge in [-0.15, -0.1) is 0 Å². The number of sulfonamides is 1. The molecule has 38 heavy (non-hydrogen) atoms. The van der Waals surface area contributed by atoms with E-state index in [2.05, 4.69) is 5.32 Å². The molecule has 0 fully saturated rings. The summed E-state index contributed by atoms with van der Waals surface area (Å²) >= 11 is 6.05. The van der Waals surface area contributed by atoms with E-state index in [0.29, 0.717) is 23.6 Å². The maximum atomic E-state index is 13.6. The number of amides is 2. The maximum absolute atomic E-state index is 13.6. The number of hydrogen-bond acceptors (Lipinski definition) is 4. The third-order valence-electron chi connectivity index (χ3n) is 6.23. The molecule has 0 aliphatic carbocycles. The molecule has 7 nitrogen and oxygen atoms in total. The van der Waals surface area contributed by atoms with Gasteiger partial charge in [-0.05, 0) is 54.3 Å². The van der Waals surface area contributed by atoms with Gasteiger partial charge in [-0.1, -0.05) is 66.2 Å². The number of likely N-dealkylation sites (N-methyl/N-ethyl adjacent to an activating group) is 1. The van der Waals surface area contributed by atoms with Gasteiger partial charge in [0.1, 0.15) is 6.04 Å². The molecule has 0 aliphatic rings. The molecule has 0 spiro atoms. The maximum Gasteiger partial charge on any atom is 0.242 e. The molecule has 0 bridgehead atoms. The first-order valence-electron chi connectivity index (χ1n) is 12.4. The molecule has 9 heteroatoms. The van der Waals surface area contributed by atoms with E-state index in [1.54, 1.807) is 42.3 Å². The molecule has 3 rings (SSSR count). The third-order valence-corrected chi connectivity index (χ3v) is 7.67. The summed E-state index contributed by atoms with van der Waals surface area (Å²) in [5, 5.41) is 3.27. The molecule has 1 N–H and O–H groups in total. The van der Waals surface area contributed by atoms with Crippen LogP contribution in [0.4, 0.5) is 5.69 Å². The molecule has 3 aromatic carbocycles. The Morgan fingerprint density at radius 2 is 1.63 bits per heavy atom. The second kappa shape index (κ2) is 13.4. The Hall–Kier alpha value is -3.36. The van der Waals surface area contributed by atoms with Crippen LogP contribution in [-0.4, -0.2) is 51.0 Å². The van der Waals surface area contributed by atoms with Crippen molar-refractivity contribution in [2.45, 2.75) is 38.8 Å². The summed E-state index contributed by atoms with van der Waals surface area (Å²) < 4.78 is 26.4. The number of nitrogens with zero attached hydrogens (tertiary/aromatic N) is 2. The predicted molar refractivity (Wildman–Crippen MR) is 153 cm³/mol. The largest absolute Gasteiger partial charge is 0.357 e. The molecule has 202 valence electrons. The van der Waals surface area contributed by atoms with Crippen LogP contribution in [0, 0.1) is 6.92 Å². The summed E-state index contributed by atoms with van der Waals surface area (Å²) in [6.45, 7) is 2.26. The van der Waals surface area contributed by atoms with Crippen LogP contribution in [-0.2, 0) is 32.6 Å². The number of carbonyl (C=O) groups is 2. The van der Waals surface area contributed by atoms with Gasteiger partial charge in [-0.2, -0.15) is 0 Å². The van der Waals surface area contributed by atoms with Crippen LogP contribution < -0.4 is 9.62 Å². The highest BCUT2D eigenvalue weighted by atomic mass is 35.5. The zero-order valence-electron chi connectivity index (χ0n) is 21.9. The van der Waals surface area contributed by atoms with Crippen LogP contribution in [0.1, 0.15) is 29.5 Å². The van der Waals surface area contributed by atoms with Crippen LogP contribution in [0.15, 0.2) is 78.9 Å². The smallest absolute Gasteiger partial charge is 0.242 e. The van der Waals surface area contributed by atoms with Crippen LogP contribution in [0.25, 0.3) is 0 Å². The van der Waals surface area contributed by atoms with E-state index in [0.717, 1.165) is 22.9 Å². The van der Waals surface area contributed by atoms with Crippen molar-refractivity contribution in [2.24, 2.45) is 0 Å². The lowest BCUT2D eigenvalue weighted by Crippen LogP contribution is -2.49. The van der Waals surface area contributed by atoms with Crippen molar-refractivity contribution in [1.82, 2.24) is 10.2 Å². The molecule has 0 aromatic heterocycles. The fourth-order valence-electron chi connectivity index (χ4n) is 4.29. The lowest BCUT2D eigenvalue weighted by molar-refractivity contribution is -0.141. The first-order valence-corrected chi connectivity index (χ1v) is 14.6. The summed E-state index contributed by atoms with van der Waals surface area (Å²) in [6, 6.07) is 23.2. The van der Waals surface area contributed by atoms with Crippen molar-refractivity contribution < 1.29 is 18.0 Å². The third kappa shape index (κ3) is 8.33. The minimum atomic E-state index is -3.55. The molecule has 0 saturated carbocycles. The van der Waals surface area contributed by atoms with Gasteiger partial charge in [-0.25, -0.2) is 8.42 Å². The van der Waals surface area contributed by atoms with E-state index in [-0.39, 0.29) is 31.3 Å². The molecule has 0 unspecified atom stereocenters. The molecular weight excluding hydrogens is 522 g/mol. The highest BCUT2D eigenvalue weighted by Crippen LogP contribution is 2.21. The van der Waals surface area contributed by atoms with Gasteiger partial charge in [0.25, 0.3) is 0 Å². The summed E-state index contributed by atoms with van der Waals surface area (Å²) in [6.07, 6.45) is 1.88. The molecule has 0 heterocycles. The van der Waals surface area contributed by atoms with Crippen LogP contribution >= 0.6 is 11.6 Å². The first kappa shape index (κ1) is 29.2. The lowest BCUT2D eigenvalue weighted by Gasteiger charge is -2.31. The second-order valence-corrected chi connectivity index (χ2v) is 11.6. The fourth-order valence-corrected chi connectivity index (χ4v) is 5.38. The number of aryl methyl sites for hydroxylation is 1. The SMILES string of the molecule is CNC(=O)[C@H](Cc1ccccc1)N(Cc1ccc(Cl)cc1)C(=O)CCCN(c1cccc(C)c1)S(C)(=O)=O. The molecule has 0 aliphatic heterocycles. The standard InChI is InChI=1S/C29H34ClN3O4S/c1-22-9-7-12-26(19-22)33(38(3,36)37)18-8-13-28(34)32(21-24-14-16-25(30)17-15-24)27(29(35)31-2)20-23-10-5-4-6-11-23/h4-7,9-12,14-17,19,27H,8,13,18,20-21H2,1-3H3,(H,31,35)/t27-/m0/s1. The minimum absolute atomic E-state index is 0.0771. The lowest BCUT2D eigenvalue weighted by atomic mass is 10.0. The van der Waals surface area contributed by atoms with Gasteiger partial charge in [0, 0.05) is 38.0 Å². The van der Waals surface area contributed by atoms with Gasteiger partial charge in [-0.3, -0.25) is 13.9 Å². The van der Waals surface area contributed by atoms with Gasteiger partial charge in [0.05, 0.1) is 11.9 Å². The van der Waals surface area contributed by atoms with E-state index in [4.69, 9.17) is 11.6 Å². The molecule has 3 aromatic rings. The van der Waals surface area contributed by atoms with Crippen LogP contribution in [0.3, 0.4) is 0 Å². The number of anilines is 1. The fraction of sp³-hybridized carbons (Fsp3) is 0.310. The summed E-state index contributed by atoms with van der Waals surface area (Å²) in [5.41, 5.74) is 3.26. The summed E-state index contributed by atoms with van der Waals surface area (Å²) in [7, 11) is -2.00. The number of rotatable bonds is 12. The van der Waals surface area contributed by atoms with Crippen LogP contribution in [0.2, 0.25) is 5.02 Å².